The molecule has 0 saturated carbocycles. The first-order valence-electron chi connectivity index (χ1n) is 7.61. The zero-order valence-electron chi connectivity index (χ0n) is 13.8. The number of aryl methyl sites for hydroxylation is 1. The summed E-state index contributed by atoms with van der Waals surface area (Å²) in [5, 5.41) is 6.23. The first-order valence-corrected chi connectivity index (χ1v) is 7.61. The maximum atomic E-state index is 11.7. The minimum absolute atomic E-state index is 0.0540. The van der Waals surface area contributed by atoms with Crippen LogP contribution < -0.4 is 15.4 Å². The Bertz CT molecular complexity index is 456. The number of ether oxygens (including phenoxy) is 1. The van der Waals surface area contributed by atoms with E-state index < -0.39 is 0 Å². The summed E-state index contributed by atoms with van der Waals surface area (Å²) in [7, 11) is 0. The highest BCUT2D eigenvalue weighted by molar-refractivity contribution is 5.77. The Labute approximate surface area is 128 Å². The van der Waals surface area contributed by atoms with Crippen molar-refractivity contribution in [3.05, 3.63) is 29.3 Å². The van der Waals surface area contributed by atoms with Crippen molar-refractivity contribution in [1.29, 1.82) is 0 Å². The van der Waals surface area contributed by atoms with Gasteiger partial charge in [-0.1, -0.05) is 31.5 Å². The molecule has 21 heavy (non-hydrogen) atoms. The van der Waals surface area contributed by atoms with Crippen molar-refractivity contribution < 1.29 is 9.53 Å². The van der Waals surface area contributed by atoms with Crippen molar-refractivity contribution >= 4 is 5.91 Å². The molecule has 0 radical (unpaired) electrons. The number of rotatable bonds is 8. The maximum absolute atomic E-state index is 11.7. The van der Waals surface area contributed by atoms with E-state index in [9.17, 15) is 4.79 Å². The molecule has 2 N–H and O–H groups in total. The lowest BCUT2D eigenvalue weighted by atomic mass is 10.1. The summed E-state index contributed by atoms with van der Waals surface area (Å²) < 4.78 is 5.66. The van der Waals surface area contributed by atoms with Crippen molar-refractivity contribution in [3.8, 4) is 5.75 Å². The third-order valence-electron chi connectivity index (χ3n) is 2.89. The summed E-state index contributed by atoms with van der Waals surface area (Å²) in [6.45, 7) is 12.0. The minimum Gasteiger partial charge on any atom is -0.483 e. The fourth-order valence-corrected chi connectivity index (χ4v) is 1.99. The number of carbonyl (C=O) groups excluding carboxylic acids is 1. The topological polar surface area (TPSA) is 50.4 Å². The Morgan fingerprint density at radius 2 is 1.95 bits per heavy atom. The van der Waals surface area contributed by atoms with Crippen LogP contribution in [0.1, 0.15) is 38.8 Å². The molecule has 0 atom stereocenters. The normalized spacial score (nSPS) is 11.0. The molecule has 1 amide bonds. The Kier molecular flexibility index (Phi) is 7.23. The van der Waals surface area contributed by atoms with Gasteiger partial charge in [0.25, 0.3) is 5.91 Å². The van der Waals surface area contributed by atoms with E-state index in [4.69, 9.17) is 4.74 Å². The van der Waals surface area contributed by atoms with Gasteiger partial charge in [0.1, 0.15) is 5.75 Å². The zero-order chi connectivity index (χ0) is 15.8. The largest absolute Gasteiger partial charge is 0.483 e. The summed E-state index contributed by atoms with van der Waals surface area (Å²) in [4.78, 5) is 11.7. The number of carbonyl (C=O) groups is 1. The lowest BCUT2D eigenvalue weighted by Crippen LogP contribution is -2.34. The lowest BCUT2D eigenvalue weighted by Gasteiger charge is -2.14. The number of hydrogen-bond donors (Lipinski definition) is 2. The molecule has 0 aliphatic rings. The fourth-order valence-electron chi connectivity index (χ4n) is 1.99. The summed E-state index contributed by atoms with van der Waals surface area (Å²) in [5.74, 6) is 1.29. The second-order valence-electron chi connectivity index (χ2n) is 6.15. The SMILES string of the molecule is Cc1ccc(OCC(=O)NC(C)C)c(CNCC(C)C)c1. The highest BCUT2D eigenvalue weighted by atomic mass is 16.5. The van der Waals surface area contributed by atoms with Gasteiger partial charge >= 0.3 is 0 Å². The van der Waals surface area contributed by atoms with E-state index in [0.29, 0.717) is 5.92 Å². The highest BCUT2D eigenvalue weighted by Gasteiger charge is 2.08. The molecule has 0 fully saturated rings. The summed E-state index contributed by atoms with van der Waals surface area (Å²) >= 11 is 0. The Balaban J connectivity index is 2.61. The van der Waals surface area contributed by atoms with Crippen LogP contribution in [0, 0.1) is 12.8 Å². The van der Waals surface area contributed by atoms with Gasteiger partial charge in [0.15, 0.2) is 6.61 Å². The van der Waals surface area contributed by atoms with Gasteiger partial charge in [-0.3, -0.25) is 4.79 Å². The Hall–Kier alpha value is -1.55. The summed E-state index contributed by atoms with van der Waals surface area (Å²) in [5.41, 5.74) is 2.28. The molecule has 118 valence electrons. The molecule has 0 saturated heterocycles. The molecule has 0 spiro atoms. The van der Waals surface area contributed by atoms with Crippen molar-refractivity contribution in [2.45, 2.75) is 47.2 Å². The van der Waals surface area contributed by atoms with Gasteiger partial charge in [-0.15, -0.1) is 0 Å². The van der Waals surface area contributed by atoms with Crippen LogP contribution in [0.4, 0.5) is 0 Å². The minimum atomic E-state index is -0.0911. The quantitative estimate of drug-likeness (QED) is 0.774. The van der Waals surface area contributed by atoms with Crippen LogP contribution >= 0.6 is 0 Å². The van der Waals surface area contributed by atoms with Gasteiger partial charge in [-0.05, 0) is 39.3 Å². The smallest absolute Gasteiger partial charge is 0.258 e. The molecule has 0 aliphatic carbocycles. The molecular weight excluding hydrogens is 264 g/mol. The number of amides is 1. The van der Waals surface area contributed by atoms with Crippen LogP contribution in [-0.4, -0.2) is 25.1 Å². The first kappa shape index (κ1) is 17.5. The second kappa shape index (κ2) is 8.67. The first-order chi connectivity index (χ1) is 9.88. The third kappa shape index (κ3) is 7.14. The zero-order valence-corrected chi connectivity index (χ0v) is 13.8. The Morgan fingerprint density at radius 3 is 2.57 bits per heavy atom. The van der Waals surface area contributed by atoms with E-state index in [1.54, 1.807) is 0 Å². The van der Waals surface area contributed by atoms with Gasteiger partial charge < -0.3 is 15.4 Å². The van der Waals surface area contributed by atoms with Crippen LogP contribution in [0.15, 0.2) is 18.2 Å². The van der Waals surface area contributed by atoms with Crippen LogP contribution in [0.3, 0.4) is 0 Å². The van der Waals surface area contributed by atoms with Crippen LogP contribution in [0.25, 0.3) is 0 Å². The predicted octanol–water partition coefficient (Wildman–Crippen LogP) is 2.64. The fraction of sp³-hybridized carbons (Fsp3) is 0.588. The molecule has 0 aliphatic heterocycles. The average Bonchev–Trinajstić information content (AvgIpc) is 2.36. The van der Waals surface area contributed by atoms with Crippen molar-refractivity contribution in [3.63, 3.8) is 0 Å². The molecule has 0 heterocycles. The second-order valence-corrected chi connectivity index (χ2v) is 6.15. The van der Waals surface area contributed by atoms with Gasteiger partial charge in [0.05, 0.1) is 0 Å². The van der Waals surface area contributed by atoms with Crippen molar-refractivity contribution in [2.75, 3.05) is 13.2 Å². The molecule has 1 aromatic carbocycles. The molecular formula is C17H28N2O2. The molecule has 0 unspecified atom stereocenters. The van der Waals surface area contributed by atoms with Crippen LogP contribution in [0.5, 0.6) is 5.75 Å². The maximum Gasteiger partial charge on any atom is 0.258 e. The highest BCUT2D eigenvalue weighted by Crippen LogP contribution is 2.20. The molecule has 0 bridgehead atoms. The van der Waals surface area contributed by atoms with Crippen LogP contribution in [0.2, 0.25) is 0 Å². The van der Waals surface area contributed by atoms with E-state index in [-0.39, 0.29) is 18.6 Å². The average molecular weight is 292 g/mol. The van der Waals surface area contributed by atoms with Gasteiger partial charge in [-0.2, -0.15) is 0 Å². The van der Waals surface area contributed by atoms with Gasteiger partial charge in [0.2, 0.25) is 0 Å². The number of nitrogens with one attached hydrogen (secondary N) is 2. The van der Waals surface area contributed by atoms with Gasteiger partial charge in [-0.25, -0.2) is 0 Å². The van der Waals surface area contributed by atoms with E-state index in [1.807, 2.05) is 26.0 Å². The lowest BCUT2D eigenvalue weighted by molar-refractivity contribution is -0.123. The predicted molar refractivity (Wildman–Crippen MR) is 86.5 cm³/mol. The Morgan fingerprint density at radius 1 is 1.24 bits per heavy atom. The standard InChI is InChI=1S/C17H28N2O2/c1-12(2)9-18-10-15-8-14(5)6-7-16(15)21-11-17(20)19-13(3)4/h6-8,12-13,18H,9-11H2,1-5H3,(H,19,20). The summed E-state index contributed by atoms with van der Waals surface area (Å²) in [6, 6.07) is 6.17. The number of hydrogen-bond acceptors (Lipinski definition) is 3. The van der Waals surface area contributed by atoms with E-state index in [0.717, 1.165) is 24.4 Å². The van der Waals surface area contributed by atoms with Crippen LogP contribution in [-0.2, 0) is 11.3 Å². The third-order valence-corrected chi connectivity index (χ3v) is 2.89. The molecule has 0 aromatic heterocycles. The van der Waals surface area contributed by atoms with E-state index >= 15 is 0 Å². The molecule has 4 heteroatoms. The van der Waals surface area contributed by atoms with E-state index in [2.05, 4.69) is 37.5 Å². The number of benzene rings is 1. The molecule has 1 rings (SSSR count). The summed E-state index contributed by atoms with van der Waals surface area (Å²) in [6.07, 6.45) is 0. The van der Waals surface area contributed by atoms with Crippen molar-refractivity contribution in [1.82, 2.24) is 10.6 Å². The van der Waals surface area contributed by atoms with E-state index in [1.165, 1.54) is 5.56 Å². The molecule has 1 aromatic rings. The monoisotopic (exact) mass is 292 g/mol. The van der Waals surface area contributed by atoms with Gasteiger partial charge in [0, 0.05) is 18.2 Å². The van der Waals surface area contributed by atoms with Crippen molar-refractivity contribution in [2.24, 2.45) is 5.92 Å². The molecule has 4 nitrogen and oxygen atoms in total.